The first-order chi connectivity index (χ1) is 8.47. The van der Waals surface area contributed by atoms with E-state index in [-0.39, 0.29) is 11.6 Å². The van der Waals surface area contributed by atoms with Gasteiger partial charge in [0, 0.05) is 0 Å². The summed E-state index contributed by atoms with van der Waals surface area (Å²) in [5, 5.41) is 0. The van der Waals surface area contributed by atoms with E-state index in [9.17, 15) is 23.8 Å². The summed E-state index contributed by atoms with van der Waals surface area (Å²) >= 11 is 0. The molecule has 0 atom stereocenters. The van der Waals surface area contributed by atoms with Gasteiger partial charge in [0.05, 0.1) is 0 Å². The fourth-order valence-corrected chi connectivity index (χ4v) is 2.38. The van der Waals surface area contributed by atoms with Gasteiger partial charge in [-0.2, -0.15) is 0 Å². The first kappa shape index (κ1) is 13.8. The summed E-state index contributed by atoms with van der Waals surface area (Å²) in [6.45, 7) is 0. The Labute approximate surface area is 105 Å². The van der Waals surface area contributed by atoms with Crippen LogP contribution in [0.25, 0.3) is 11.1 Å². The van der Waals surface area contributed by atoms with Crippen molar-refractivity contribution < 1.29 is 23.8 Å². The maximum atomic E-state index is 13.4. The third-order valence-corrected chi connectivity index (χ3v) is 3.62. The number of hydrogen-bond acceptors (Lipinski definition) is 0. The lowest BCUT2D eigenvalue weighted by Gasteiger charge is -2.40. The number of rotatable bonds is 2. The van der Waals surface area contributed by atoms with Crippen LogP contribution < -0.4 is 0 Å². The Morgan fingerprint density at radius 2 is 1.26 bits per heavy atom. The highest BCUT2D eigenvalue weighted by Crippen LogP contribution is 3.02. The number of hydrogen-bond donors (Lipinski definition) is 0. The highest BCUT2D eigenvalue weighted by atomic mass is 32.5. The molecule has 0 nitrogen and oxygen atoms in total. The van der Waals surface area contributed by atoms with Crippen molar-refractivity contribution in [3.05, 3.63) is 54.3 Å². The van der Waals surface area contributed by atoms with E-state index in [1.54, 1.807) is 18.2 Å². The molecule has 2 rings (SSSR count). The minimum atomic E-state index is -9.98. The molecule has 0 aliphatic heterocycles. The molecule has 2 aromatic carbocycles. The van der Waals surface area contributed by atoms with Crippen molar-refractivity contribution in [2.24, 2.45) is 0 Å². The summed E-state index contributed by atoms with van der Waals surface area (Å²) in [7, 11) is -9.98. The molecule has 0 radical (unpaired) electrons. The van der Waals surface area contributed by atoms with Gasteiger partial charge >= 0.3 is 10.2 Å². The Morgan fingerprint density at radius 1 is 0.684 bits per heavy atom. The van der Waals surface area contributed by atoms with Crippen LogP contribution in [0, 0.1) is 5.82 Å². The number of benzene rings is 2. The Balaban J connectivity index is 2.57. The molecule has 2 aromatic rings. The Hall–Kier alpha value is -1.63. The largest absolute Gasteiger partial charge is 0.313 e. The molecule has 0 bridgehead atoms. The van der Waals surface area contributed by atoms with Gasteiger partial charge in [-0.15, -0.1) is 0 Å². The summed E-state index contributed by atoms with van der Waals surface area (Å²) < 4.78 is 75.9. The van der Waals surface area contributed by atoms with E-state index in [0.29, 0.717) is 11.6 Å². The van der Waals surface area contributed by atoms with E-state index >= 15 is 0 Å². The average Bonchev–Trinajstić information content (AvgIpc) is 2.26. The van der Waals surface area contributed by atoms with Crippen molar-refractivity contribution in [3.63, 3.8) is 0 Å². The third kappa shape index (κ3) is 3.04. The molecular weight excluding hydrogens is 290 g/mol. The lowest BCUT2D eigenvalue weighted by molar-refractivity contribution is 0.355. The van der Waals surface area contributed by atoms with Crippen LogP contribution in [-0.2, 0) is 0 Å². The summed E-state index contributed by atoms with van der Waals surface area (Å²) in [6.07, 6.45) is 0. The van der Waals surface area contributed by atoms with E-state index in [4.69, 9.17) is 0 Å². The molecule has 104 valence electrons. The molecule has 0 N–H and O–H groups in total. The van der Waals surface area contributed by atoms with Crippen molar-refractivity contribution in [2.45, 2.75) is 4.90 Å². The van der Waals surface area contributed by atoms with E-state index in [1.807, 2.05) is 0 Å². The molecule has 0 aromatic heterocycles. The van der Waals surface area contributed by atoms with Crippen molar-refractivity contribution in [2.75, 3.05) is 0 Å². The summed E-state index contributed by atoms with van der Waals surface area (Å²) in [6, 6.07) is 9.32. The monoisotopic (exact) mass is 298 g/mol. The summed E-state index contributed by atoms with van der Waals surface area (Å²) in [4.78, 5) is -2.49. The predicted octanol–water partition coefficient (Wildman–Crippen LogP) is 6.15. The Bertz CT molecular complexity index is 618. The lowest BCUT2D eigenvalue weighted by atomic mass is 10.1. The molecule has 0 heterocycles. The molecule has 0 unspecified atom stereocenters. The van der Waals surface area contributed by atoms with Crippen molar-refractivity contribution in [1.29, 1.82) is 0 Å². The summed E-state index contributed by atoms with van der Waals surface area (Å²) in [5.41, 5.74) is 0.541. The van der Waals surface area contributed by atoms with Crippen molar-refractivity contribution in [1.82, 2.24) is 0 Å². The molecule has 0 saturated heterocycles. The van der Waals surface area contributed by atoms with Gasteiger partial charge in [0.1, 0.15) is 10.7 Å². The quantitative estimate of drug-likeness (QED) is 0.583. The van der Waals surface area contributed by atoms with Crippen LogP contribution in [0.3, 0.4) is 0 Å². The van der Waals surface area contributed by atoms with Crippen LogP contribution >= 0.6 is 10.2 Å². The first-order valence-electron chi connectivity index (χ1n) is 5.06. The zero-order valence-electron chi connectivity index (χ0n) is 9.29. The molecule has 0 aliphatic rings. The second kappa shape index (κ2) is 3.47. The molecule has 0 spiro atoms. The van der Waals surface area contributed by atoms with Crippen molar-refractivity contribution in [3.8, 4) is 11.1 Å². The molecule has 7 heteroatoms. The third-order valence-electron chi connectivity index (χ3n) is 2.45. The SMILES string of the molecule is Fc1cc(-c2ccccc2)ccc1S(F)(F)(F)(F)F. The lowest BCUT2D eigenvalue weighted by Crippen LogP contribution is -2.08. The zero-order chi connectivity index (χ0) is 14.4. The Kier molecular flexibility index (Phi) is 2.52. The van der Waals surface area contributed by atoms with Crippen LogP contribution in [0.4, 0.5) is 23.8 Å². The molecule has 0 aliphatic carbocycles. The van der Waals surface area contributed by atoms with E-state index < -0.39 is 20.9 Å². The van der Waals surface area contributed by atoms with Gasteiger partial charge < -0.3 is 0 Å². The zero-order valence-corrected chi connectivity index (χ0v) is 10.1. The topological polar surface area (TPSA) is 0 Å². The van der Waals surface area contributed by atoms with Gasteiger partial charge in [-0.25, -0.2) is 4.39 Å². The smallest absolute Gasteiger partial charge is 0.205 e. The molecule has 0 amide bonds. The predicted molar refractivity (Wildman–Crippen MR) is 63.2 cm³/mol. The second-order valence-electron chi connectivity index (χ2n) is 3.98. The average molecular weight is 298 g/mol. The molecule has 19 heavy (non-hydrogen) atoms. The van der Waals surface area contributed by atoms with Crippen molar-refractivity contribution >= 4 is 10.2 Å². The second-order valence-corrected chi connectivity index (χ2v) is 6.36. The fraction of sp³-hybridized carbons (Fsp3) is 0. The first-order valence-corrected chi connectivity index (χ1v) is 7.01. The van der Waals surface area contributed by atoms with E-state index in [0.717, 1.165) is 6.07 Å². The molecular formula is C12H8F6S. The van der Waals surface area contributed by atoms with Gasteiger partial charge in [0.25, 0.3) is 0 Å². The maximum Gasteiger partial charge on any atom is 0.313 e. The standard InChI is InChI=1S/C12H8F6S/c13-11-8-10(9-4-2-1-3-5-9)6-7-12(11)19(14,15,16,17)18/h1-8H. The maximum absolute atomic E-state index is 13.4. The van der Waals surface area contributed by atoms with E-state index in [2.05, 4.69) is 0 Å². The minimum Gasteiger partial charge on any atom is -0.205 e. The van der Waals surface area contributed by atoms with Crippen LogP contribution in [0.2, 0.25) is 0 Å². The van der Waals surface area contributed by atoms with Gasteiger partial charge in [0.15, 0.2) is 0 Å². The highest BCUT2D eigenvalue weighted by Gasteiger charge is 2.67. The Morgan fingerprint density at radius 3 is 1.74 bits per heavy atom. The van der Waals surface area contributed by atoms with Gasteiger partial charge in [-0.3, -0.25) is 0 Å². The number of halogens is 6. The fourth-order valence-electron chi connectivity index (χ4n) is 1.62. The molecule has 0 fully saturated rings. The van der Waals surface area contributed by atoms with Crippen LogP contribution in [0.5, 0.6) is 0 Å². The normalized spacial score (nSPS) is 15.7. The van der Waals surface area contributed by atoms with Gasteiger partial charge in [-0.05, 0) is 23.3 Å². The molecule has 0 saturated carbocycles. The van der Waals surface area contributed by atoms with Crippen LogP contribution in [0.1, 0.15) is 0 Å². The minimum absolute atomic E-state index is 0.0826. The van der Waals surface area contributed by atoms with Gasteiger partial charge in [0.2, 0.25) is 0 Å². The van der Waals surface area contributed by atoms with Crippen LogP contribution in [0.15, 0.2) is 53.4 Å². The van der Waals surface area contributed by atoms with Crippen LogP contribution in [-0.4, -0.2) is 0 Å². The summed E-state index contributed by atoms with van der Waals surface area (Å²) in [5.74, 6) is -1.97. The highest BCUT2D eigenvalue weighted by molar-refractivity contribution is 8.45. The van der Waals surface area contributed by atoms with E-state index in [1.165, 1.54) is 12.1 Å². The van der Waals surface area contributed by atoms with Gasteiger partial charge in [-0.1, -0.05) is 55.8 Å².